The molecule has 0 radical (unpaired) electrons. The van der Waals surface area contributed by atoms with E-state index in [1.807, 2.05) is 30.3 Å². The van der Waals surface area contributed by atoms with Crippen molar-refractivity contribution in [2.45, 2.75) is 25.3 Å². The normalized spacial score (nSPS) is 13.7. The van der Waals surface area contributed by atoms with Crippen molar-refractivity contribution in [3.8, 4) is 0 Å². The van der Waals surface area contributed by atoms with E-state index in [0.29, 0.717) is 11.3 Å². The van der Waals surface area contributed by atoms with Crippen molar-refractivity contribution < 1.29 is 59.7 Å². The Hall–Kier alpha value is -4.73. The van der Waals surface area contributed by atoms with Crippen molar-refractivity contribution in [2.75, 3.05) is 36.4 Å². The second-order valence-electron chi connectivity index (χ2n) is 9.36. The summed E-state index contributed by atoms with van der Waals surface area (Å²) in [6.45, 7) is 4.45. The zero-order valence-electron chi connectivity index (χ0n) is 23.2. The van der Waals surface area contributed by atoms with Gasteiger partial charge in [-0.2, -0.15) is 26.3 Å². The lowest BCUT2D eigenvalue weighted by atomic mass is 10.2. The fourth-order valence-electron chi connectivity index (χ4n) is 3.84. The van der Waals surface area contributed by atoms with Crippen LogP contribution >= 0.6 is 0 Å². The van der Waals surface area contributed by atoms with Crippen LogP contribution in [0.1, 0.15) is 22.3 Å². The van der Waals surface area contributed by atoms with E-state index in [1.54, 1.807) is 12.1 Å². The van der Waals surface area contributed by atoms with Crippen molar-refractivity contribution in [1.29, 1.82) is 0 Å². The van der Waals surface area contributed by atoms with Crippen molar-refractivity contribution in [1.82, 2.24) is 4.90 Å². The third-order valence-corrected chi connectivity index (χ3v) is 5.97. The largest absolute Gasteiger partial charge is 0.490 e. The Bertz CT molecular complexity index is 1390. The van der Waals surface area contributed by atoms with Crippen LogP contribution < -0.4 is 10.2 Å². The number of amides is 1. The van der Waals surface area contributed by atoms with Crippen LogP contribution in [0.3, 0.4) is 0 Å². The molecule has 1 fully saturated rings. The van der Waals surface area contributed by atoms with Gasteiger partial charge in [-0.1, -0.05) is 12.1 Å². The summed E-state index contributed by atoms with van der Waals surface area (Å²) in [7, 11) is 0. The van der Waals surface area contributed by atoms with Gasteiger partial charge in [-0.05, 0) is 72.6 Å². The van der Waals surface area contributed by atoms with Gasteiger partial charge in [-0.25, -0.2) is 18.4 Å². The van der Waals surface area contributed by atoms with Gasteiger partial charge < -0.3 is 20.4 Å². The number of carboxylic acids is 2. The van der Waals surface area contributed by atoms with Gasteiger partial charge in [0.1, 0.15) is 11.6 Å². The van der Waals surface area contributed by atoms with Crippen molar-refractivity contribution in [3.05, 3.63) is 95.6 Å². The van der Waals surface area contributed by atoms with E-state index < -0.39 is 24.3 Å². The van der Waals surface area contributed by atoms with Gasteiger partial charge in [0, 0.05) is 49.7 Å². The first-order valence-electron chi connectivity index (χ1n) is 12.9. The molecule has 0 saturated carbocycles. The Balaban J connectivity index is 0.000000421. The minimum Gasteiger partial charge on any atom is -0.475 e. The number of hydrogen-bond donors (Lipinski definition) is 3. The van der Waals surface area contributed by atoms with Crippen LogP contribution in [0.25, 0.3) is 0 Å². The molecule has 1 aliphatic heterocycles. The Kier molecular flexibility index (Phi) is 13.3. The Morgan fingerprint density at radius 1 is 0.711 bits per heavy atom. The molecule has 244 valence electrons. The van der Waals surface area contributed by atoms with Gasteiger partial charge in [0.2, 0.25) is 0 Å². The van der Waals surface area contributed by atoms with Gasteiger partial charge in [0.15, 0.2) is 0 Å². The zero-order chi connectivity index (χ0) is 33.8. The molecule has 0 aromatic heterocycles. The van der Waals surface area contributed by atoms with Gasteiger partial charge in [-0.15, -0.1) is 0 Å². The highest BCUT2D eigenvalue weighted by Crippen LogP contribution is 2.21. The Labute approximate surface area is 251 Å². The number of carboxylic acid groups (broad SMARTS) is 2. The summed E-state index contributed by atoms with van der Waals surface area (Å²) < 4.78 is 89.9. The second-order valence-corrected chi connectivity index (χ2v) is 9.36. The molecule has 1 amide bonds. The fourth-order valence-corrected chi connectivity index (χ4v) is 3.84. The quantitative estimate of drug-likeness (QED) is 0.283. The van der Waals surface area contributed by atoms with Gasteiger partial charge in [0.25, 0.3) is 5.91 Å². The molecule has 1 heterocycles. The number of hydrogen-bond acceptors (Lipinski definition) is 5. The van der Waals surface area contributed by atoms with Crippen molar-refractivity contribution >= 4 is 29.2 Å². The van der Waals surface area contributed by atoms with Gasteiger partial charge in [0.05, 0.1) is 0 Å². The van der Waals surface area contributed by atoms with Crippen LogP contribution in [-0.2, 0) is 16.1 Å². The van der Waals surface area contributed by atoms with Crippen LogP contribution in [-0.4, -0.2) is 71.5 Å². The van der Waals surface area contributed by atoms with Crippen LogP contribution in [0, 0.1) is 11.6 Å². The smallest absolute Gasteiger partial charge is 0.475 e. The summed E-state index contributed by atoms with van der Waals surface area (Å²) in [5, 5.41) is 17.1. The van der Waals surface area contributed by atoms with Crippen LogP contribution in [0.2, 0.25) is 0 Å². The average Bonchev–Trinajstić information content (AvgIpc) is 3.19. The summed E-state index contributed by atoms with van der Waals surface area (Å²) in [4.78, 5) is 34.8. The minimum atomic E-state index is -5.08. The number of benzene rings is 3. The topological polar surface area (TPSA) is 110 Å². The number of anilines is 2. The molecule has 0 bridgehead atoms. The lowest BCUT2D eigenvalue weighted by molar-refractivity contribution is -0.193. The molecule has 0 spiro atoms. The highest BCUT2D eigenvalue weighted by Gasteiger charge is 2.38. The van der Waals surface area contributed by atoms with Crippen molar-refractivity contribution in [3.63, 3.8) is 0 Å². The fraction of sp³-hybridized carbons (Fsp3) is 0.276. The minimum absolute atomic E-state index is 0.194. The van der Waals surface area contributed by atoms with Crippen LogP contribution in [0.4, 0.5) is 46.5 Å². The Morgan fingerprint density at radius 3 is 1.78 bits per heavy atom. The number of halogens is 8. The van der Waals surface area contributed by atoms with Crippen LogP contribution in [0.15, 0.2) is 72.8 Å². The average molecular weight is 650 g/mol. The van der Waals surface area contributed by atoms with Gasteiger partial charge >= 0.3 is 24.3 Å². The zero-order valence-corrected chi connectivity index (χ0v) is 23.2. The molecule has 4 rings (SSSR count). The molecular formula is C29H27F8N3O5. The number of carbonyl (C=O) groups is 3. The Morgan fingerprint density at radius 2 is 1.27 bits per heavy atom. The SMILES string of the molecule is O=C(Nc1ccc(N2CCCN(Cc3cccc(F)c3)CC2)cc1)c1ccc(F)cc1.O=C(O)C(F)(F)F.O=C(O)C(F)(F)F. The summed E-state index contributed by atoms with van der Waals surface area (Å²) in [6.07, 6.45) is -9.14. The maximum Gasteiger partial charge on any atom is 0.490 e. The molecule has 0 aliphatic carbocycles. The first-order valence-corrected chi connectivity index (χ1v) is 12.9. The van der Waals surface area contributed by atoms with E-state index in [2.05, 4.69) is 15.1 Å². The highest BCUT2D eigenvalue weighted by molar-refractivity contribution is 6.04. The summed E-state index contributed by atoms with van der Waals surface area (Å²) in [6, 6.07) is 20.0. The highest BCUT2D eigenvalue weighted by atomic mass is 19.4. The molecule has 0 atom stereocenters. The van der Waals surface area contributed by atoms with E-state index in [0.717, 1.165) is 50.4 Å². The van der Waals surface area contributed by atoms with Crippen LogP contribution in [0.5, 0.6) is 0 Å². The predicted octanol–water partition coefficient (Wildman–Crippen LogP) is 6.20. The van der Waals surface area contributed by atoms with E-state index in [9.17, 15) is 39.9 Å². The maximum atomic E-state index is 13.4. The molecule has 16 heteroatoms. The lowest BCUT2D eigenvalue weighted by Gasteiger charge is -2.24. The molecule has 45 heavy (non-hydrogen) atoms. The van der Waals surface area contributed by atoms with Crippen molar-refractivity contribution in [2.24, 2.45) is 0 Å². The lowest BCUT2D eigenvalue weighted by Crippen LogP contribution is -2.30. The number of aliphatic carboxylic acids is 2. The van der Waals surface area contributed by atoms with E-state index in [-0.39, 0.29) is 17.5 Å². The summed E-state index contributed by atoms with van der Waals surface area (Å²) in [5.41, 5.74) is 3.21. The standard InChI is InChI=1S/C25H25F2N3O.2C2HF3O2/c26-21-7-5-20(6-8-21)25(31)28-23-9-11-24(12-10-23)30-14-2-13-29(15-16-30)18-19-3-1-4-22(27)17-19;2*3-2(4,5)1(6)7/h1,3-12,17H,2,13-16,18H2,(H,28,31);2*(H,6,7). The molecule has 1 saturated heterocycles. The first kappa shape index (κ1) is 36.5. The summed E-state index contributed by atoms with van der Waals surface area (Å²) in [5.74, 6) is -6.34. The van der Waals surface area contributed by atoms with E-state index in [4.69, 9.17) is 19.8 Å². The number of rotatable bonds is 5. The monoisotopic (exact) mass is 649 g/mol. The van der Waals surface area contributed by atoms with Gasteiger partial charge in [-0.3, -0.25) is 9.69 Å². The molecule has 1 aliphatic rings. The third-order valence-electron chi connectivity index (χ3n) is 5.97. The molecular weight excluding hydrogens is 622 g/mol. The molecule has 3 N–H and O–H groups in total. The van der Waals surface area contributed by atoms with E-state index >= 15 is 0 Å². The van der Waals surface area contributed by atoms with E-state index in [1.165, 1.54) is 30.3 Å². The number of nitrogens with zero attached hydrogens (tertiary/aromatic N) is 2. The maximum absolute atomic E-state index is 13.4. The molecule has 8 nitrogen and oxygen atoms in total. The summed E-state index contributed by atoms with van der Waals surface area (Å²) >= 11 is 0. The first-order chi connectivity index (χ1) is 21.0. The second kappa shape index (κ2) is 16.4. The number of carbonyl (C=O) groups excluding carboxylic acids is 1. The molecule has 0 unspecified atom stereocenters. The molecule has 3 aromatic carbocycles. The molecule has 3 aromatic rings. The predicted molar refractivity (Wildman–Crippen MR) is 147 cm³/mol. The third kappa shape index (κ3) is 13.2. The number of alkyl halides is 6. The number of nitrogens with one attached hydrogen (secondary N) is 1.